The van der Waals surface area contributed by atoms with E-state index in [0.29, 0.717) is 0 Å². The van der Waals surface area contributed by atoms with Gasteiger partial charge in [-0.2, -0.15) is 0 Å². The van der Waals surface area contributed by atoms with Gasteiger partial charge in [-0.3, -0.25) is 9.78 Å². The van der Waals surface area contributed by atoms with Crippen LogP contribution in [0, 0.1) is 5.82 Å². The molecule has 0 unspecified atom stereocenters. The smallest absolute Gasteiger partial charge is 0.226 e. The van der Waals surface area contributed by atoms with Crippen LogP contribution < -0.4 is 11.1 Å². The van der Waals surface area contributed by atoms with Crippen LogP contribution in [0.2, 0.25) is 0 Å². The largest absolute Gasteiger partial charge is 0.325 e. The normalized spacial score (nSPS) is 17.6. The highest BCUT2D eigenvalue weighted by Crippen LogP contribution is 2.32. The average Bonchev–Trinajstić information content (AvgIpc) is 2.19. The second kappa shape index (κ2) is 4.17. The molecule has 1 fully saturated rings. The van der Waals surface area contributed by atoms with Crippen molar-refractivity contribution in [2.45, 2.75) is 31.2 Å². The number of hydrogen-bond acceptors (Lipinski definition) is 3. The Morgan fingerprint density at radius 2 is 2.38 bits per heavy atom. The van der Waals surface area contributed by atoms with E-state index in [0.717, 1.165) is 25.5 Å². The van der Waals surface area contributed by atoms with Gasteiger partial charge in [-0.15, -0.1) is 0 Å². The molecule has 4 nitrogen and oxygen atoms in total. The Labute approximate surface area is 93.1 Å². The molecule has 0 atom stereocenters. The minimum Gasteiger partial charge on any atom is -0.325 e. The Hall–Kier alpha value is -1.49. The molecule has 5 heteroatoms. The monoisotopic (exact) mass is 223 g/mol. The number of nitrogens with one attached hydrogen (secondary N) is 1. The lowest BCUT2D eigenvalue weighted by Gasteiger charge is -2.37. The van der Waals surface area contributed by atoms with Crippen LogP contribution in [0.5, 0.6) is 0 Å². The summed E-state index contributed by atoms with van der Waals surface area (Å²) in [6.07, 6.45) is 5.53. The van der Waals surface area contributed by atoms with Crippen LogP contribution in [0.1, 0.15) is 25.7 Å². The lowest BCUT2D eigenvalue weighted by molar-refractivity contribution is -0.118. The first-order valence-corrected chi connectivity index (χ1v) is 5.27. The third-order valence-electron chi connectivity index (χ3n) is 2.91. The van der Waals surface area contributed by atoms with Crippen LogP contribution in [0.3, 0.4) is 0 Å². The van der Waals surface area contributed by atoms with E-state index >= 15 is 0 Å². The van der Waals surface area contributed by atoms with Crippen molar-refractivity contribution in [2.75, 3.05) is 5.32 Å². The molecule has 86 valence electrons. The molecule has 0 aromatic carbocycles. The number of carbonyl (C=O) groups excluding carboxylic acids is 1. The molecule has 0 bridgehead atoms. The Balaban J connectivity index is 1.95. The maximum Gasteiger partial charge on any atom is 0.226 e. The highest BCUT2D eigenvalue weighted by atomic mass is 19.1. The van der Waals surface area contributed by atoms with E-state index in [9.17, 15) is 9.18 Å². The highest BCUT2D eigenvalue weighted by molar-refractivity contribution is 5.91. The lowest BCUT2D eigenvalue weighted by atomic mass is 9.75. The summed E-state index contributed by atoms with van der Waals surface area (Å²) in [5.74, 6) is -0.775. The van der Waals surface area contributed by atoms with Gasteiger partial charge in [-0.1, -0.05) is 0 Å². The van der Waals surface area contributed by atoms with Gasteiger partial charge in [0, 0.05) is 18.2 Å². The van der Waals surface area contributed by atoms with Crippen molar-refractivity contribution in [3.8, 4) is 0 Å². The predicted octanol–water partition coefficient (Wildman–Crippen LogP) is 1.43. The fraction of sp³-hybridized carbons (Fsp3) is 0.455. The molecule has 2 rings (SSSR count). The second-order valence-electron chi connectivity index (χ2n) is 4.30. The zero-order chi connectivity index (χ0) is 11.6. The number of nitrogens with zero attached hydrogens (tertiary/aromatic N) is 1. The Morgan fingerprint density at radius 3 is 2.94 bits per heavy atom. The topological polar surface area (TPSA) is 68.0 Å². The Morgan fingerprint density at radius 1 is 1.62 bits per heavy atom. The van der Waals surface area contributed by atoms with E-state index in [1.165, 1.54) is 12.3 Å². The van der Waals surface area contributed by atoms with E-state index < -0.39 is 5.82 Å². The zero-order valence-electron chi connectivity index (χ0n) is 8.87. The fourth-order valence-electron chi connectivity index (χ4n) is 1.80. The van der Waals surface area contributed by atoms with Crippen molar-refractivity contribution in [3.05, 3.63) is 24.3 Å². The molecular formula is C11H14FN3O. The van der Waals surface area contributed by atoms with Crippen LogP contribution in [0.15, 0.2) is 18.5 Å². The number of amides is 1. The standard InChI is InChI=1S/C11H14FN3O/c12-8-7-14-5-2-9(8)15-10(16)6-11(13)3-1-4-11/h2,5,7H,1,3-4,6,13H2,(H,14,15,16). The number of anilines is 1. The third-order valence-corrected chi connectivity index (χ3v) is 2.91. The molecule has 1 aliphatic rings. The molecule has 16 heavy (non-hydrogen) atoms. The number of nitrogens with two attached hydrogens (primary N) is 1. The number of hydrogen-bond donors (Lipinski definition) is 2. The average molecular weight is 223 g/mol. The number of rotatable bonds is 3. The van der Waals surface area contributed by atoms with Crippen molar-refractivity contribution in [1.82, 2.24) is 4.98 Å². The van der Waals surface area contributed by atoms with Crippen LogP contribution in [-0.2, 0) is 4.79 Å². The van der Waals surface area contributed by atoms with E-state index in [1.807, 2.05) is 0 Å². The molecule has 1 heterocycles. The van der Waals surface area contributed by atoms with Crippen molar-refractivity contribution < 1.29 is 9.18 Å². The van der Waals surface area contributed by atoms with Crippen molar-refractivity contribution in [1.29, 1.82) is 0 Å². The lowest BCUT2D eigenvalue weighted by Crippen LogP contribution is -2.48. The SMILES string of the molecule is NC1(CC(=O)Nc2ccncc2F)CCC1. The van der Waals surface area contributed by atoms with Crippen LogP contribution >= 0.6 is 0 Å². The second-order valence-corrected chi connectivity index (χ2v) is 4.30. The molecule has 1 saturated carbocycles. The number of aromatic nitrogens is 1. The summed E-state index contributed by atoms with van der Waals surface area (Å²) in [5, 5.41) is 2.50. The summed E-state index contributed by atoms with van der Waals surface area (Å²) in [5.41, 5.74) is 5.70. The van der Waals surface area contributed by atoms with Gasteiger partial charge in [0.1, 0.15) is 0 Å². The van der Waals surface area contributed by atoms with Gasteiger partial charge in [0.15, 0.2) is 5.82 Å². The molecule has 1 amide bonds. The van der Waals surface area contributed by atoms with E-state index in [2.05, 4.69) is 10.3 Å². The summed E-state index contributed by atoms with van der Waals surface area (Å²) < 4.78 is 13.2. The zero-order valence-corrected chi connectivity index (χ0v) is 8.87. The molecule has 0 aliphatic heterocycles. The van der Waals surface area contributed by atoms with Gasteiger partial charge < -0.3 is 11.1 Å². The minimum absolute atomic E-state index is 0.155. The first kappa shape index (κ1) is 11.0. The molecular weight excluding hydrogens is 209 g/mol. The van der Waals surface area contributed by atoms with Gasteiger partial charge in [0.2, 0.25) is 5.91 Å². The van der Waals surface area contributed by atoms with Crippen molar-refractivity contribution >= 4 is 11.6 Å². The maximum absolute atomic E-state index is 13.2. The summed E-state index contributed by atoms with van der Waals surface area (Å²) in [6.45, 7) is 0. The van der Waals surface area contributed by atoms with Crippen molar-refractivity contribution in [2.24, 2.45) is 5.73 Å². The fourth-order valence-corrected chi connectivity index (χ4v) is 1.80. The molecule has 0 spiro atoms. The Bertz CT molecular complexity index is 404. The van der Waals surface area contributed by atoms with Crippen LogP contribution in [-0.4, -0.2) is 16.4 Å². The summed E-state index contributed by atoms with van der Waals surface area (Å²) >= 11 is 0. The number of halogens is 1. The molecule has 0 saturated heterocycles. The molecule has 3 N–H and O–H groups in total. The highest BCUT2D eigenvalue weighted by Gasteiger charge is 2.34. The molecule has 1 aromatic rings. The first-order valence-electron chi connectivity index (χ1n) is 5.27. The first-order chi connectivity index (χ1) is 7.59. The summed E-state index contributed by atoms with van der Waals surface area (Å²) in [7, 11) is 0. The summed E-state index contributed by atoms with van der Waals surface area (Å²) in [6, 6.07) is 1.43. The molecule has 1 aromatic heterocycles. The van der Waals surface area contributed by atoms with E-state index in [-0.39, 0.29) is 23.6 Å². The Kier molecular flexibility index (Phi) is 2.87. The number of pyridine rings is 1. The maximum atomic E-state index is 13.2. The van der Waals surface area contributed by atoms with Gasteiger partial charge >= 0.3 is 0 Å². The third kappa shape index (κ3) is 2.36. The van der Waals surface area contributed by atoms with E-state index in [4.69, 9.17) is 5.73 Å². The van der Waals surface area contributed by atoms with Gasteiger partial charge in [0.05, 0.1) is 11.9 Å². The summed E-state index contributed by atoms with van der Waals surface area (Å²) in [4.78, 5) is 15.2. The van der Waals surface area contributed by atoms with Crippen molar-refractivity contribution in [3.63, 3.8) is 0 Å². The molecule has 0 radical (unpaired) electrons. The minimum atomic E-state index is -0.532. The number of carbonyl (C=O) groups is 1. The van der Waals surface area contributed by atoms with Crippen LogP contribution in [0.25, 0.3) is 0 Å². The van der Waals surface area contributed by atoms with Gasteiger partial charge in [0.25, 0.3) is 0 Å². The predicted molar refractivity (Wildman–Crippen MR) is 58.2 cm³/mol. The van der Waals surface area contributed by atoms with Crippen LogP contribution in [0.4, 0.5) is 10.1 Å². The van der Waals surface area contributed by atoms with E-state index in [1.54, 1.807) is 0 Å². The molecule has 1 aliphatic carbocycles. The quantitative estimate of drug-likeness (QED) is 0.814. The van der Waals surface area contributed by atoms with Gasteiger partial charge in [-0.05, 0) is 25.3 Å². The van der Waals surface area contributed by atoms with Gasteiger partial charge in [-0.25, -0.2) is 4.39 Å².